The highest BCUT2D eigenvalue weighted by Gasteiger charge is 2.11. The molecule has 0 heterocycles. The number of rotatable bonds is 6. The van der Waals surface area contributed by atoms with Crippen LogP contribution in [0.1, 0.15) is 6.42 Å². The summed E-state index contributed by atoms with van der Waals surface area (Å²) in [6, 6.07) is 4.35. The second-order valence-corrected chi connectivity index (χ2v) is 3.66. The van der Waals surface area contributed by atoms with Crippen LogP contribution in [0.25, 0.3) is 0 Å². The largest absolute Gasteiger partial charge is 0.494 e. The van der Waals surface area contributed by atoms with Crippen molar-refractivity contribution in [3.63, 3.8) is 0 Å². The van der Waals surface area contributed by atoms with Crippen molar-refractivity contribution in [1.82, 2.24) is 0 Å². The maximum absolute atomic E-state index is 13.3. The van der Waals surface area contributed by atoms with Crippen LogP contribution in [0.2, 0.25) is 0 Å². The van der Waals surface area contributed by atoms with Crippen LogP contribution in [-0.4, -0.2) is 37.9 Å². The van der Waals surface area contributed by atoms with Crippen LogP contribution in [0.4, 0.5) is 10.1 Å². The number of carbonyl (C=O) groups excluding carboxylic acids is 1. The first-order chi connectivity index (χ1) is 8.56. The molecule has 0 saturated carbocycles. The minimum absolute atomic E-state index is 0.109. The van der Waals surface area contributed by atoms with E-state index in [1.54, 1.807) is 6.07 Å². The molecule has 1 unspecified atom stereocenters. The molecule has 1 rings (SSSR count). The second-order valence-electron chi connectivity index (χ2n) is 3.66. The minimum Gasteiger partial charge on any atom is -0.494 e. The molecule has 0 bridgehead atoms. The molecule has 0 aliphatic rings. The monoisotopic (exact) mass is 257 g/mol. The lowest BCUT2D eigenvalue weighted by Crippen LogP contribution is -2.23. The molecule has 0 spiro atoms. The van der Waals surface area contributed by atoms with Crippen LogP contribution in [0.3, 0.4) is 0 Å². The Labute approximate surface area is 105 Å². The Kier molecular flexibility index (Phi) is 5.38. The third kappa shape index (κ3) is 4.21. The van der Waals surface area contributed by atoms with E-state index in [-0.39, 0.29) is 18.7 Å². The van der Waals surface area contributed by atoms with Crippen LogP contribution < -0.4 is 10.1 Å². The van der Waals surface area contributed by atoms with E-state index >= 15 is 0 Å². The van der Waals surface area contributed by atoms with Gasteiger partial charge < -0.3 is 19.9 Å². The number of halogens is 1. The number of aliphatic hydroxyl groups is 1. The SMILES string of the molecule is COC(=O)CC(O)CNc1ccc(OC)c(F)c1. The summed E-state index contributed by atoms with van der Waals surface area (Å²) in [5.74, 6) is -0.842. The number of aliphatic hydroxyl groups excluding tert-OH is 1. The first-order valence-electron chi connectivity index (χ1n) is 5.39. The van der Waals surface area contributed by atoms with Crippen LogP contribution in [-0.2, 0) is 9.53 Å². The summed E-state index contributed by atoms with van der Waals surface area (Å²) in [5.41, 5.74) is 0.497. The van der Waals surface area contributed by atoms with Gasteiger partial charge in [-0.2, -0.15) is 0 Å². The highest BCUT2D eigenvalue weighted by Crippen LogP contribution is 2.20. The van der Waals surface area contributed by atoms with Crippen molar-refractivity contribution in [3.8, 4) is 5.75 Å². The van der Waals surface area contributed by atoms with Gasteiger partial charge in [-0.1, -0.05) is 0 Å². The normalized spacial score (nSPS) is 11.8. The van der Waals surface area contributed by atoms with Crippen LogP contribution >= 0.6 is 0 Å². The van der Waals surface area contributed by atoms with Crippen molar-refractivity contribution in [1.29, 1.82) is 0 Å². The molecular weight excluding hydrogens is 241 g/mol. The van der Waals surface area contributed by atoms with Gasteiger partial charge in [0.2, 0.25) is 0 Å². The molecule has 0 fully saturated rings. The number of esters is 1. The van der Waals surface area contributed by atoms with Crippen molar-refractivity contribution in [2.75, 3.05) is 26.1 Å². The number of ether oxygens (including phenoxy) is 2. The number of hydrogen-bond acceptors (Lipinski definition) is 5. The van der Waals surface area contributed by atoms with E-state index in [0.717, 1.165) is 0 Å². The highest BCUT2D eigenvalue weighted by molar-refractivity contribution is 5.69. The van der Waals surface area contributed by atoms with Gasteiger partial charge in [-0.15, -0.1) is 0 Å². The molecule has 0 aliphatic carbocycles. The van der Waals surface area contributed by atoms with Gasteiger partial charge in [0, 0.05) is 18.3 Å². The van der Waals surface area contributed by atoms with Gasteiger partial charge >= 0.3 is 5.97 Å². The van der Waals surface area contributed by atoms with E-state index in [9.17, 15) is 14.3 Å². The fourth-order valence-corrected chi connectivity index (χ4v) is 1.36. The maximum Gasteiger partial charge on any atom is 0.308 e. The summed E-state index contributed by atoms with van der Waals surface area (Å²) >= 11 is 0. The van der Waals surface area contributed by atoms with Crippen LogP contribution in [0, 0.1) is 5.82 Å². The Morgan fingerprint density at radius 2 is 2.22 bits per heavy atom. The summed E-state index contributed by atoms with van der Waals surface area (Å²) < 4.78 is 22.5. The van der Waals surface area contributed by atoms with Gasteiger partial charge in [0.15, 0.2) is 11.6 Å². The number of carbonyl (C=O) groups is 1. The number of hydrogen-bond donors (Lipinski definition) is 2. The molecule has 0 radical (unpaired) electrons. The van der Waals surface area contributed by atoms with Gasteiger partial charge in [0.1, 0.15) is 0 Å². The first kappa shape index (κ1) is 14.2. The molecule has 100 valence electrons. The van der Waals surface area contributed by atoms with Gasteiger partial charge in [0.25, 0.3) is 0 Å². The maximum atomic E-state index is 13.3. The van der Waals surface area contributed by atoms with Crippen molar-refractivity contribution in [2.24, 2.45) is 0 Å². The summed E-state index contributed by atoms with van der Waals surface area (Å²) in [6.07, 6.45) is -0.995. The van der Waals surface area contributed by atoms with Gasteiger partial charge in [0.05, 0.1) is 26.7 Å². The van der Waals surface area contributed by atoms with E-state index in [1.165, 1.54) is 26.4 Å². The molecule has 6 heteroatoms. The van der Waals surface area contributed by atoms with Gasteiger partial charge in [-0.05, 0) is 12.1 Å². The topological polar surface area (TPSA) is 67.8 Å². The number of benzene rings is 1. The van der Waals surface area contributed by atoms with Crippen LogP contribution in [0.5, 0.6) is 5.75 Å². The molecule has 0 aromatic heterocycles. The van der Waals surface area contributed by atoms with Crippen molar-refractivity contribution in [2.45, 2.75) is 12.5 Å². The standard InChI is InChI=1S/C12H16FNO4/c1-17-11-4-3-8(5-10(11)13)14-7-9(15)6-12(16)18-2/h3-5,9,14-15H,6-7H2,1-2H3. The molecule has 0 saturated heterocycles. The average Bonchev–Trinajstić information content (AvgIpc) is 2.36. The van der Waals surface area contributed by atoms with E-state index < -0.39 is 17.9 Å². The molecule has 2 N–H and O–H groups in total. The molecule has 0 aliphatic heterocycles. The molecular formula is C12H16FNO4. The Morgan fingerprint density at radius 3 is 2.78 bits per heavy atom. The lowest BCUT2D eigenvalue weighted by Gasteiger charge is -2.12. The summed E-state index contributed by atoms with van der Waals surface area (Å²) in [7, 11) is 2.63. The van der Waals surface area contributed by atoms with E-state index in [4.69, 9.17) is 4.74 Å². The number of methoxy groups -OCH3 is 2. The highest BCUT2D eigenvalue weighted by atomic mass is 19.1. The molecule has 5 nitrogen and oxygen atoms in total. The average molecular weight is 257 g/mol. The van der Waals surface area contributed by atoms with E-state index in [1.807, 2.05) is 0 Å². The Balaban J connectivity index is 2.48. The zero-order valence-corrected chi connectivity index (χ0v) is 10.3. The third-order valence-corrected chi connectivity index (χ3v) is 2.32. The third-order valence-electron chi connectivity index (χ3n) is 2.32. The second kappa shape index (κ2) is 6.80. The molecule has 1 atom stereocenters. The van der Waals surface area contributed by atoms with Gasteiger partial charge in [-0.25, -0.2) is 4.39 Å². The Bertz CT molecular complexity index is 411. The van der Waals surface area contributed by atoms with Crippen molar-refractivity contribution in [3.05, 3.63) is 24.0 Å². The Hall–Kier alpha value is -1.82. The summed E-state index contributed by atoms with van der Waals surface area (Å²) in [5, 5.41) is 12.3. The lowest BCUT2D eigenvalue weighted by atomic mass is 10.2. The number of anilines is 1. The predicted molar refractivity (Wildman–Crippen MR) is 64.1 cm³/mol. The molecule has 1 aromatic carbocycles. The smallest absolute Gasteiger partial charge is 0.308 e. The summed E-state index contributed by atoms with van der Waals surface area (Å²) in [6.45, 7) is 0.126. The predicted octanol–water partition coefficient (Wildman–Crippen LogP) is 1.17. The summed E-state index contributed by atoms with van der Waals surface area (Å²) in [4.78, 5) is 10.9. The van der Waals surface area contributed by atoms with Gasteiger partial charge in [-0.3, -0.25) is 4.79 Å². The lowest BCUT2D eigenvalue weighted by molar-refractivity contribution is -0.142. The quantitative estimate of drug-likeness (QED) is 0.749. The molecule has 18 heavy (non-hydrogen) atoms. The van der Waals surface area contributed by atoms with E-state index in [0.29, 0.717) is 5.69 Å². The first-order valence-corrected chi connectivity index (χ1v) is 5.39. The van der Waals surface area contributed by atoms with E-state index in [2.05, 4.69) is 10.1 Å². The molecule has 1 aromatic rings. The van der Waals surface area contributed by atoms with Crippen LogP contribution in [0.15, 0.2) is 18.2 Å². The van der Waals surface area contributed by atoms with Crippen molar-refractivity contribution < 1.29 is 23.8 Å². The van der Waals surface area contributed by atoms with Crippen molar-refractivity contribution >= 4 is 11.7 Å². The zero-order chi connectivity index (χ0) is 13.5. The fourth-order valence-electron chi connectivity index (χ4n) is 1.36. The fraction of sp³-hybridized carbons (Fsp3) is 0.417. The zero-order valence-electron chi connectivity index (χ0n) is 10.3. The Morgan fingerprint density at radius 1 is 1.50 bits per heavy atom. The minimum atomic E-state index is -0.886. The number of nitrogens with one attached hydrogen (secondary N) is 1. The molecule has 0 amide bonds.